The lowest BCUT2D eigenvalue weighted by Gasteiger charge is -2.30. The number of carbonyl (C=O) groups is 1. The van der Waals surface area contributed by atoms with E-state index in [1.54, 1.807) is 0 Å². The first-order chi connectivity index (χ1) is 9.14. The summed E-state index contributed by atoms with van der Waals surface area (Å²) in [7, 11) is -2.51. The molecule has 5 nitrogen and oxygen atoms in total. The predicted octanol–water partition coefficient (Wildman–Crippen LogP) is 1.08. The Morgan fingerprint density at radius 3 is 2.26 bits per heavy atom. The van der Waals surface area contributed by atoms with E-state index in [0.717, 1.165) is 5.19 Å². The van der Waals surface area contributed by atoms with Crippen LogP contribution in [-0.2, 0) is 8.85 Å². The van der Waals surface area contributed by atoms with Crippen LogP contribution in [-0.4, -0.2) is 34.4 Å². The molecule has 6 heteroatoms. The number of nitrogens with one attached hydrogen (secondary N) is 1. The molecule has 1 aromatic rings. The van der Waals surface area contributed by atoms with Gasteiger partial charge in [0.15, 0.2) is 0 Å². The van der Waals surface area contributed by atoms with Gasteiger partial charge in [-0.2, -0.15) is 0 Å². The number of hydrogen-bond donors (Lipinski definition) is 2. The van der Waals surface area contributed by atoms with Gasteiger partial charge in [-0.3, -0.25) is 0 Å². The van der Waals surface area contributed by atoms with Gasteiger partial charge in [0.25, 0.3) is 0 Å². The van der Waals surface area contributed by atoms with Crippen molar-refractivity contribution in [3.8, 4) is 0 Å². The van der Waals surface area contributed by atoms with Gasteiger partial charge in [-0.1, -0.05) is 30.3 Å². The number of carbonyl (C=O) groups excluding carboxylic acids is 1. The molecule has 0 bridgehead atoms. The number of rotatable bonds is 8. The van der Waals surface area contributed by atoms with Gasteiger partial charge in [-0.15, -0.1) is 0 Å². The Balaban J connectivity index is 2.89. The molecule has 106 valence electrons. The molecule has 0 aliphatic rings. The van der Waals surface area contributed by atoms with E-state index in [1.807, 2.05) is 44.2 Å². The summed E-state index contributed by atoms with van der Waals surface area (Å²) in [6.07, 6.45) is 0. The Labute approximate surface area is 115 Å². The highest BCUT2D eigenvalue weighted by Crippen LogP contribution is 2.14. The standard InChI is InChI=1S/C13H22N2O3Si/c1-3-17-19(18-4-2,11-10-15-13(14)16)12-8-6-5-7-9-12/h5-9H,3-4,10-11H2,1-2H3,(H3,14,15,16). The Bertz CT molecular complexity index is 381. The van der Waals surface area contributed by atoms with E-state index in [0.29, 0.717) is 25.8 Å². The molecular weight excluding hydrogens is 260 g/mol. The second-order valence-electron chi connectivity index (χ2n) is 4.03. The van der Waals surface area contributed by atoms with Crippen molar-refractivity contribution < 1.29 is 13.6 Å². The maximum absolute atomic E-state index is 10.8. The summed E-state index contributed by atoms with van der Waals surface area (Å²) in [6.45, 7) is 5.52. The molecule has 0 saturated heterocycles. The van der Waals surface area contributed by atoms with Crippen molar-refractivity contribution >= 4 is 19.8 Å². The lowest BCUT2D eigenvalue weighted by atomic mass is 10.4. The van der Waals surface area contributed by atoms with Gasteiger partial charge >= 0.3 is 14.6 Å². The Morgan fingerprint density at radius 2 is 1.79 bits per heavy atom. The fourth-order valence-corrected chi connectivity index (χ4v) is 5.09. The smallest absolute Gasteiger partial charge is 0.374 e. The third-order valence-corrected chi connectivity index (χ3v) is 6.35. The van der Waals surface area contributed by atoms with Crippen molar-refractivity contribution in [3.63, 3.8) is 0 Å². The predicted molar refractivity (Wildman–Crippen MR) is 77.5 cm³/mol. The molecule has 3 N–H and O–H groups in total. The zero-order valence-corrected chi connectivity index (χ0v) is 12.5. The van der Waals surface area contributed by atoms with Crippen molar-refractivity contribution in [1.29, 1.82) is 0 Å². The van der Waals surface area contributed by atoms with Crippen molar-refractivity contribution in [3.05, 3.63) is 30.3 Å². The number of amides is 2. The van der Waals surface area contributed by atoms with Crippen molar-refractivity contribution in [2.75, 3.05) is 19.8 Å². The summed E-state index contributed by atoms with van der Waals surface area (Å²) in [4.78, 5) is 10.8. The molecule has 0 aliphatic heterocycles. The summed E-state index contributed by atoms with van der Waals surface area (Å²) in [5, 5.41) is 3.67. The first-order valence-corrected chi connectivity index (χ1v) is 8.53. The SMILES string of the molecule is CCO[Si](CCNC(N)=O)(OCC)c1ccccc1. The third-order valence-electron chi connectivity index (χ3n) is 2.72. The third kappa shape index (κ3) is 4.66. The first kappa shape index (κ1) is 15.7. The molecule has 0 fully saturated rings. The normalized spacial score (nSPS) is 11.3. The molecular formula is C13H22N2O3Si. The first-order valence-electron chi connectivity index (χ1n) is 6.51. The zero-order valence-electron chi connectivity index (χ0n) is 11.5. The van der Waals surface area contributed by atoms with Gasteiger partial charge in [-0.05, 0) is 19.0 Å². The fraction of sp³-hybridized carbons (Fsp3) is 0.462. The highest BCUT2D eigenvalue weighted by atomic mass is 28.4. The van der Waals surface area contributed by atoms with Crippen molar-refractivity contribution in [2.24, 2.45) is 5.73 Å². The van der Waals surface area contributed by atoms with Crippen LogP contribution in [0.1, 0.15) is 13.8 Å². The fourth-order valence-electron chi connectivity index (χ4n) is 2.01. The van der Waals surface area contributed by atoms with Crippen LogP contribution in [0.15, 0.2) is 30.3 Å². The van der Waals surface area contributed by atoms with Gasteiger partial charge in [-0.25, -0.2) is 4.79 Å². The number of benzene rings is 1. The van der Waals surface area contributed by atoms with Crippen LogP contribution in [0.3, 0.4) is 0 Å². The van der Waals surface area contributed by atoms with Crippen LogP contribution in [0, 0.1) is 0 Å². The molecule has 1 rings (SSSR count). The highest BCUT2D eigenvalue weighted by molar-refractivity contribution is 6.81. The topological polar surface area (TPSA) is 73.6 Å². The summed E-state index contributed by atoms with van der Waals surface area (Å²) in [6, 6.07) is 10.0. The molecule has 0 spiro atoms. The van der Waals surface area contributed by atoms with Crippen LogP contribution in [0.5, 0.6) is 0 Å². The largest absolute Gasteiger partial charge is 0.391 e. The molecule has 1 aromatic carbocycles. The molecule has 0 atom stereocenters. The van der Waals surface area contributed by atoms with E-state index in [9.17, 15) is 4.79 Å². The number of hydrogen-bond acceptors (Lipinski definition) is 3. The number of nitrogens with two attached hydrogens (primary N) is 1. The molecule has 0 unspecified atom stereocenters. The Kier molecular flexibility index (Phi) is 6.55. The van der Waals surface area contributed by atoms with Gasteiger partial charge in [0, 0.05) is 25.8 Å². The quantitative estimate of drug-likeness (QED) is 0.701. The molecule has 0 saturated carbocycles. The lowest BCUT2D eigenvalue weighted by molar-refractivity contribution is 0.195. The van der Waals surface area contributed by atoms with Gasteiger partial charge in [0.05, 0.1) is 0 Å². The highest BCUT2D eigenvalue weighted by Gasteiger charge is 2.39. The maximum atomic E-state index is 10.8. The monoisotopic (exact) mass is 282 g/mol. The van der Waals surface area contributed by atoms with Crippen LogP contribution < -0.4 is 16.2 Å². The van der Waals surface area contributed by atoms with Crippen LogP contribution >= 0.6 is 0 Å². The second kappa shape index (κ2) is 7.93. The number of primary amides is 1. The average molecular weight is 282 g/mol. The number of urea groups is 1. The van der Waals surface area contributed by atoms with E-state index < -0.39 is 14.6 Å². The molecule has 19 heavy (non-hydrogen) atoms. The maximum Gasteiger partial charge on any atom is 0.374 e. The molecule has 0 aliphatic carbocycles. The van der Waals surface area contributed by atoms with E-state index in [-0.39, 0.29) is 0 Å². The summed E-state index contributed by atoms with van der Waals surface area (Å²) >= 11 is 0. The van der Waals surface area contributed by atoms with E-state index in [4.69, 9.17) is 14.6 Å². The Morgan fingerprint density at radius 1 is 1.21 bits per heavy atom. The van der Waals surface area contributed by atoms with Crippen molar-refractivity contribution in [1.82, 2.24) is 5.32 Å². The molecule has 2 amide bonds. The summed E-state index contributed by atoms with van der Waals surface area (Å²) in [5.41, 5.74) is 5.09. The Hall–Kier alpha value is -1.37. The van der Waals surface area contributed by atoms with Gasteiger partial charge in [0.1, 0.15) is 0 Å². The van der Waals surface area contributed by atoms with Gasteiger partial charge < -0.3 is 19.9 Å². The molecule has 0 radical (unpaired) electrons. The van der Waals surface area contributed by atoms with E-state index in [1.165, 1.54) is 0 Å². The zero-order chi connectivity index (χ0) is 14.1. The summed E-state index contributed by atoms with van der Waals surface area (Å²) < 4.78 is 11.9. The molecule has 0 aromatic heterocycles. The molecule has 0 heterocycles. The minimum atomic E-state index is -2.51. The van der Waals surface area contributed by atoms with E-state index >= 15 is 0 Å². The lowest BCUT2D eigenvalue weighted by Crippen LogP contribution is -2.55. The van der Waals surface area contributed by atoms with Crippen LogP contribution in [0.4, 0.5) is 4.79 Å². The van der Waals surface area contributed by atoms with Gasteiger partial charge in [0.2, 0.25) is 0 Å². The summed E-state index contributed by atoms with van der Waals surface area (Å²) in [5.74, 6) is 0. The van der Waals surface area contributed by atoms with Crippen LogP contribution in [0.2, 0.25) is 6.04 Å². The van der Waals surface area contributed by atoms with Crippen LogP contribution in [0.25, 0.3) is 0 Å². The van der Waals surface area contributed by atoms with Crippen molar-refractivity contribution in [2.45, 2.75) is 19.9 Å². The minimum absolute atomic E-state index is 0.455. The van der Waals surface area contributed by atoms with E-state index in [2.05, 4.69) is 5.32 Å². The minimum Gasteiger partial charge on any atom is -0.391 e. The average Bonchev–Trinajstić information content (AvgIpc) is 2.39. The second-order valence-corrected chi connectivity index (χ2v) is 7.19.